The highest BCUT2D eigenvalue weighted by molar-refractivity contribution is 5.65. The lowest BCUT2D eigenvalue weighted by Gasteiger charge is -2.26. The Kier molecular flexibility index (Phi) is 15.5. The van der Waals surface area contributed by atoms with Crippen LogP contribution in [0.25, 0.3) is 39.6 Å². The van der Waals surface area contributed by atoms with Gasteiger partial charge in [0.25, 0.3) is 0 Å². The maximum absolute atomic E-state index is 5.96. The van der Waals surface area contributed by atoms with E-state index in [9.17, 15) is 0 Å². The summed E-state index contributed by atoms with van der Waals surface area (Å²) in [4.78, 5) is 9.83. The molecule has 0 fully saturated rings. The van der Waals surface area contributed by atoms with Crippen molar-refractivity contribution in [3.63, 3.8) is 0 Å². The number of nitrogens with zero attached hydrogens (tertiary/aromatic N) is 5. The minimum absolute atomic E-state index is 0.00628. The summed E-state index contributed by atoms with van der Waals surface area (Å²) >= 11 is 0. The molecule has 0 atom stereocenters. The molecule has 7 aromatic rings. The Balaban J connectivity index is 0.000000201. The van der Waals surface area contributed by atoms with Crippen molar-refractivity contribution in [2.24, 2.45) is 0 Å². The van der Waals surface area contributed by atoms with Gasteiger partial charge in [-0.3, -0.25) is 4.98 Å². The monoisotopic (exact) mass is 892 g/mol. The molecule has 7 nitrogen and oxygen atoms in total. The minimum atomic E-state index is -0.00628. The lowest BCUT2D eigenvalue weighted by molar-refractivity contribution is 0.293. The molecule has 0 N–H and O–H groups in total. The van der Waals surface area contributed by atoms with Gasteiger partial charge >= 0.3 is 0 Å². The van der Waals surface area contributed by atoms with Crippen LogP contribution in [-0.4, -0.2) is 38.2 Å². The van der Waals surface area contributed by atoms with Crippen molar-refractivity contribution < 1.29 is 9.47 Å². The predicted molar refractivity (Wildman–Crippen MR) is 276 cm³/mol. The molecule has 11 rings (SSSR count). The molecule has 8 bridgehead atoms. The lowest BCUT2D eigenvalue weighted by Crippen LogP contribution is -2.16. The molecule has 0 radical (unpaired) electrons. The fourth-order valence-electron chi connectivity index (χ4n) is 7.99. The Bertz CT molecular complexity index is 2730. The van der Waals surface area contributed by atoms with E-state index in [1.807, 2.05) is 47.3 Å². The highest BCUT2D eigenvalue weighted by atomic mass is 16.5. The van der Waals surface area contributed by atoms with Crippen LogP contribution in [0, 0.1) is 12.3 Å². The summed E-state index contributed by atoms with van der Waals surface area (Å²) in [6.45, 7) is 21.6. The Morgan fingerprint density at radius 1 is 0.507 bits per heavy atom. The Hall–Kier alpha value is -6.52. The first-order chi connectivity index (χ1) is 32.0. The number of benzene rings is 4. The summed E-state index contributed by atoms with van der Waals surface area (Å²) in [7, 11) is 0. The Morgan fingerprint density at radius 3 is 1.67 bits per heavy atom. The second-order valence-corrected chi connectivity index (χ2v) is 20.9. The van der Waals surface area contributed by atoms with Crippen LogP contribution in [0.2, 0.25) is 0 Å². The van der Waals surface area contributed by atoms with Crippen LogP contribution >= 0.6 is 0 Å². The van der Waals surface area contributed by atoms with Gasteiger partial charge in [-0.2, -0.15) is 0 Å². The van der Waals surface area contributed by atoms with Gasteiger partial charge in [0, 0.05) is 22.4 Å². The number of ether oxygens (including phenoxy) is 2. The summed E-state index contributed by atoms with van der Waals surface area (Å²) in [5, 5.41) is 8.96. The SMILES string of the molecule is C#Cc1cc(-n2cc(-c3cc(C(C)(C)C)cc(C(C)(C)C)c3)nn2)cc(C(C)(C)C)c1.c1cc2nc(c1)-c1cccc(n1)-c1ccc(cc1)OCCCCCCCOc1ccc(cc1)CCC2. The van der Waals surface area contributed by atoms with E-state index in [1.165, 1.54) is 41.5 Å². The van der Waals surface area contributed by atoms with Crippen molar-refractivity contribution in [1.82, 2.24) is 25.0 Å². The van der Waals surface area contributed by atoms with E-state index >= 15 is 0 Å². The summed E-state index contributed by atoms with van der Waals surface area (Å²) in [6.07, 6.45) is 16.5. The average Bonchev–Trinajstić information content (AvgIpc) is 3.82. The maximum atomic E-state index is 5.96. The molecule has 0 unspecified atom stereocenters. The molecular weight excluding hydrogens is 823 g/mol. The molecular formula is C60H69N5O2. The van der Waals surface area contributed by atoms with Crippen LogP contribution in [0.5, 0.6) is 11.5 Å². The first-order valence-electron chi connectivity index (χ1n) is 24.1. The predicted octanol–water partition coefficient (Wildman–Crippen LogP) is 14.5. The van der Waals surface area contributed by atoms with Crippen LogP contribution < -0.4 is 9.47 Å². The standard InChI is InChI=1S/C32H34N2O2.C28H35N3/c1-2-4-23-35-28-19-15-25(16-20-28)9-6-10-27-11-7-13-31(33-27)32-14-8-12-30(34-32)26-17-21-29(22-18-26)36-24-5-3-1;1-11-19-12-21(26(2,3)4)17-24(13-19)31-18-25(29-30-31)20-14-22(27(5,6)7)16-23(15-20)28(8,9)10/h7-8,11-22H,1-6,9-10,23-24H2;1,12-18H,2-10H3. The van der Waals surface area contributed by atoms with Crippen molar-refractivity contribution in [1.29, 1.82) is 0 Å². The quantitative estimate of drug-likeness (QED) is 0.161. The lowest BCUT2D eigenvalue weighted by atomic mass is 9.79. The first kappa shape index (κ1) is 48.4. The third-order valence-electron chi connectivity index (χ3n) is 12.3. The average molecular weight is 892 g/mol. The zero-order chi connectivity index (χ0) is 47.6. The molecule has 0 aliphatic carbocycles. The van der Waals surface area contributed by atoms with Crippen LogP contribution in [0.15, 0.2) is 128 Å². The number of aryl methyl sites for hydroxylation is 2. The van der Waals surface area contributed by atoms with E-state index in [1.54, 1.807) is 0 Å². The molecule has 4 aliphatic rings. The number of rotatable bonds is 2. The Labute approximate surface area is 400 Å². The fraction of sp³-hybridized carbons (Fsp3) is 0.367. The molecule has 7 heterocycles. The summed E-state index contributed by atoms with van der Waals surface area (Å²) in [5.41, 5.74) is 13.9. The number of hydrogen-bond acceptors (Lipinski definition) is 6. The van der Waals surface area contributed by atoms with E-state index < -0.39 is 0 Å². The van der Waals surface area contributed by atoms with Crippen molar-refractivity contribution in [2.75, 3.05) is 13.2 Å². The van der Waals surface area contributed by atoms with Crippen molar-refractivity contribution in [3.05, 3.63) is 161 Å². The van der Waals surface area contributed by atoms with E-state index in [4.69, 9.17) is 25.9 Å². The molecule has 0 spiro atoms. The Morgan fingerprint density at radius 2 is 1.06 bits per heavy atom. The van der Waals surface area contributed by atoms with Gasteiger partial charge in [0.1, 0.15) is 17.2 Å². The van der Waals surface area contributed by atoms with Crippen molar-refractivity contribution >= 4 is 0 Å². The molecule has 346 valence electrons. The topological polar surface area (TPSA) is 75.0 Å². The maximum Gasteiger partial charge on any atom is 0.119 e. The molecule has 0 amide bonds. The third kappa shape index (κ3) is 13.5. The minimum Gasteiger partial charge on any atom is -0.494 e. The highest BCUT2D eigenvalue weighted by Gasteiger charge is 2.22. The molecule has 0 saturated heterocycles. The third-order valence-corrected chi connectivity index (χ3v) is 12.3. The number of pyridine rings is 2. The number of aromatic nitrogens is 5. The van der Waals surface area contributed by atoms with Gasteiger partial charge in [0.15, 0.2) is 0 Å². The van der Waals surface area contributed by atoms with E-state index in [2.05, 4.69) is 163 Å². The van der Waals surface area contributed by atoms with Crippen LogP contribution in [0.4, 0.5) is 0 Å². The van der Waals surface area contributed by atoms with E-state index in [0.29, 0.717) is 0 Å². The second-order valence-electron chi connectivity index (χ2n) is 20.9. The first-order valence-corrected chi connectivity index (χ1v) is 24.1. The van der Waals surface area contributed by atoms with Crippen LogP contribution in [0.1, 0.15) is 134 Å². The smallest absolute Gasteiger partial charge is 0.119 e. The molecule has 7 heteroatoms. The molecule has 67 heavy (non-hydrogen) atoms. The fourth-order valence-corrected chi connectivity index (χ4v) is 7.99. The van der Waals surface area contributed by atoms with Gasteiger partial charge in [0.2, 0.25) is 0 Å². The summed E-state index contributed by atoms with van der Waals surface area (Å²) < 4.78 is 13.7. The van der Waals surface area contributed by atoms with Gasteiger partial charge in [-0.25, -0.2) is 9.67 Å². The zero-order valence-corrected chi connectivity index (χ0v) is 41.3. The highest BCUT2D eigenvalue weighted by Crippen LogP contribution is 2.34. The van der Waals surface area contributed by atoms with Gasteiger partial charge in [0.05, 0.1) is 42.2 Å². The van der Waals surface area contributed by atoms with Gasteiger partial charge in [-0.1, -0.05) is 123 Å². The van der Waals surface area contributed by atoms with Gasteiger partial charge in [-0.15, -0.1) is 11.5 Å². The number of terminal acetylenes is 1. The molecule has 4 aliphatic heterocycles. The number of hydrogen-bond donors (Lipinski definition) is 0. The zero-order valence-electron chi connectivity index (χ0n) is 41.3. The van der Waals surface area contributed by atoms with Crippen molar-refractivity contribution in [2.45, 2.75) is 130 Å². The van der Waals surface area contributed by atoms with E-state index in [0.717, 1.165) is 108 Å². The summed E-state index contributed by atoms with van der Waals surface area (Å²) in [6, 6.07) is 42.2. The van der Waals surface area contributed by atoms with Gasteiger partial charge < -0.3 is 9.47 Å². The van der Waals surface area contributed by atoms with Gasteiger partial charge in [-0.05, 0) is 162 Å². The molecule has 3 aromatic heterocycles. The van der Waals surface area contributed by atoms with Crippen LogP contribution in [-0.2, 0) is 29.1 Å². The molecule has 0 saturated carbocycles. The van der Waals surface area contributed by atoms with E-state index in [-0.39, 0.29) is 16.2 Å². The van der Waals surface area contributed by atoms with Crippen molar-refractivity contribution in [3.8, 4) is 63.4 Å². The van der Waals surface area contributed by atoms with Crippen LogP contribution in [0.3, 0.4) is 0 Å². The molecule has 4 aromatic carbocycles. The largest absolute Gasteiger partial charge is 0.494 e. The second kappa shape index (κ2) is 21.4. The normalized spacial score (nSPS) is 14.0. The summed E-state index contributed by atoms with van der Waals surface area (Å²) in [5.74, 6) is 4.64.